The second-order valence-electron chi connectivity index (χ2n) is 5.05. The molecule has 1 amide bonds. The summed E-state index contributed by atoms with van der Waals surface area (Å²) in [6.07, 6.45) is 4.31. The predicted molar refractivity (Wildman–Crippen MR) is 67.8 cm³/mol. The maximum atomic E-state index is 12.1. The number of nitrogens with two attached hydrogens (primary N) is 1. The molecule has 1 heterocycles. The Morgan fingerprint density at radius 1 is 1.59 bits per heavy atom. The van der Waals surface area contributed by atoms with Gasteiger partial charge < -0.3 is 15.6 Å². The van der Waals surface area contributed by atoms with Crippen LogP contribution in [0.4, 0.5) is 0 Å². The molecule has 1 unspecified atom stereocenters. The van der Waals surface area contributed by atoms with Gasteiger partial charge in [0.25, 0.3) is 5.91 Å². The molecule has 1 aromatic rings. The number of rotatable bonds is 5. The molecule has 0 aromatic carbocycles. The third-order valence-corrected chi connectivity index (χ3v) is 3.33. The van der Waals surface area contributed by atoms with Crippen LogP contribution in [0.2, 0.25) is 0 Å². The van der Waals surface area contributed by atoms with Crippen molar-refractivity contribution in [3.8, 4) is 0 Å². The Morgan fingerprint density at radius 3 is 2.82 bits per heavy atom. The van der Waals surface area contributed by atoms with Crippen molar-refractivity contribution in [1.29, 1.82) is 0 Å². The van der Waals surface area contributed by atoms with Crippen molar-refractivity contribution in [1.82, 2.24) is 9.88 Å². The molecular weight excluding hydrogens is 214 g/mol. The molecule has 17 heavy (non-hydrogen) atoms. The summed E-state index contributed by atoms with van der Waals surface area (Å²) in [6.45, 7) is 4.66. The Bertz CT molecular complexity index is 393. The summed E-state index contributed by atoms with van der Waals surface area (Å²) < 4.78 is 1.98. The SMILES string of the molecule is CC(C)n1cccc1C(=O)NC(CN)C1CC1. The fourth-order valence-electron chi connectivity index (χ4n) is 2.15. The van der Waals surface area contributed by atoms with Gasteiger partial charge in [-0.15, -0.1) is 0 Å². The van der Waals surface area contributed by atoms with Gasteiger partial charge in [0.05, 0.1) is 0 Å². The van der Waals surface area contributed by atoms with E-state index in [2.05, 4.69) is 19.2 Å². The lowest BCUT2D eigenvalue weighted by Gasteiger charge is -2.18. The second-order valence-corrected chi connectivity index (χ2v) is 5.05. The highest BCUT2D eigenvalue weighted by molar-refractivity contribution is 5.93. The van der Waals surface area contributed by atoms with Crippen LogP contribution >= 0.6 is 0 Å². The molecule has 0 radical (unpaired) electrons. The van der Waals surface area contributed by atoms with Crippen LogP contribution in [0.15, 0.2) is 18.3 Å². The highest BCUT2D eigenvalue weighted by Gasteiger charge is 2.31. The Hall–Kier alpha value is -1.29. The van der Waals surface area contributed by atoms with Gasteiger partial charge in [0, 0.05) is 24.8 Å². The van der Waals surface area contributed by atoms with E-state index in [9.17, 15) is 4.79 Å². The molecule has 0 saturated heterocycles. The monoisotopic (exact) mass is 235 g/mol. The number of hydrogen-bond acceptors (Lipinski definition) is 2. The summed E-state index contributed by atoms with van der Waals surface area (Å²) in [7, 11) is 0. The summed E-state index contributed by atoms with van der Waals surface area (Å²) in [5.41, 5.74) is 6.41. The highest BCUT2D eigenvalue weighted by atomic mass is 16.2. The van der Waals surface area contributed by atoms with E-state index in [1.54, 1.807) is 0 Å². The Kier molecular flexibility index (Phi) is 3.52. The summed E-state index contributed by atoms with van der Waals surface area (Å²) in [6, 6.07) is 4.19. The van der Waals surface area contributed by atoms with Gasteiger partial charge >= 0.3 is 0 Å². The van der Waals surface area contributed by atoms with Crippen LogP contribution in [0.5, 0.6) is 0 Å². The maximum absolute atomic E-state index is 12.1. The van der Waals surface area contributed by atoms with E-state index >= 15 is 0 Å². The van der Waals surface area contributed by atoms with Gasteiger partial charge in [-0.2, -0.15) is 0 Å². The van der Waals surface area contributed by atoms with E-state index in [4.69, 9.17) is 5.73 Å². The molecule has 1 aromatic heterocycles. The quantitative estimate of drug-likeness (QED) is 0.813. The third kappa shape index (κ3) is 2.69. The summed E-state index contributed by atoms with van der Waals surface area (Å²) in [5, 5.41) is 3.04. The van der Waals surface area contributed by atoms with Gasteiger partial charge in [-0.1, -0.05) is 0 Å². The third-order valence-electron chi connectivity index (χ3n) is 3.33. The molecule has 1 atom stereocenters. The molecule has 1 aliphatic carbocycles. The lowest BCUT2D eigenvalue weighted by Crippen LogP contribution is -2.42. The van der Waals surface area contributed by atoms with E-state index in [1.807, 2.05) is 22.9 Å². The Labute approximate surface area is 102 Å². The molecule has 0 aliphatic heterocycles. The molecular formula is C13H21N3O. The number of carbonyl (C=O) groups is 1. The van der Waals surface area contributed by atoms with Gasteiger partial charge in [0.1, 0.15) is 5.69 Å². The van der Waals surface area contributed by atoms with Crippen LogP contribution in [-0.2, 0) is 0 Å². The number of amides is 1. The van der Waals surface area contributed by atoms with Crippen LogP contribution in [-0.4, -0.2) is 23.1 Å². The molecule has 1 fully saturated rings. The zero-order valence-electron chi connectivity index (χ0n) is 10.5. The highest BCUT2D eigenvalue weighted by Crippen LogP contribution is 2.32. The molecule has 1 saturated carbocycles. The predicted octanol–water partition coefficient (Wildman–Crippen LogP) is 1.54. The van der Waals surface area contributed by atoms with Crippen LogP contribution in [0.3, 0.4) is 0 Å². The van der Waals surface area contributed by atoms with Gasteiger partial charge in [0.15, 0.2) is 0 Å². The number of hydrogen-bond donors (Lipinski definition) is 2. The number of aromatic nitrogens is 1. The van der Waals surface area contributed by atoms with Crippen molar-refractivity contribution in [3.63, 3.8) is 0 Å². The van der Waals surface area contributed by atoms with Crippen molar-refractivity contribution < 1.29 is 4.79 Å². The van der Waals surface area contributed by atoms with Gasteiger partial charge in [-0.25, -0.2) is 0 Å². The topological polar surface area (TPSA) is 60.0 Å². The zero-order valence-corrected chi connectivity index (χ0v) is 10.5. The largest absolute Gasteiger partial charge is 0.346 e. The summed E-state index contributed by atoms with van der Waals surface area (Å²) in [4.78, 5) is 12.1. The first-order chi connectivity index (χ1) is 8.13. The first kappa shape index (κ1) is 12.2. The Balaban J connectivity index is 2.05. The van der Waals surface area contributed by atoms with E-state index in [-0.39, 0.29) is 11.9 Å². The van der Waals surface area contributed by atoms with Gasteiger partial charge in [0.2, 0.25) is 0 Å². The van der Waals surface area contributed by atoms with Crippen molar-refractivity contribution in [2.45, 2.75) is 38.8 Å². The van der Waals surface area contributed by atoms with E-state index in [0.717, 1.165) is 5.69 Å². The maximum Gasteiger partial charge on any atom is 0.268 e. The van der Waals surface area contributed by atoms with Crippen molar-refractivity contribution in [3.05, 3.63) is 24.0 Å². The zero-order chi connectivity index (χ0) is 12.4. The minimum Gasteiger partial charge on any atom is -0.346 e. The van der Waals surface area contributed by atoms with Crippen molar-refractivity contribution >= 4 is 5.91 Å². The standard InChI is InChI=1S/C13H21N3O/c1-9(2)16-7-3-4-12(16)13(17)15-11(8-14)10-5-6-10/h3-4,7,9-11H,5-6,8,14H2,1-2H3,(H,15,17). The molecule has 4 nitrogen and oxygen atoms in total. The molecule has 0 bridgehead atoms. The average Bonchev–Trinajstić information content (AvgIpc) is 3.00. The first-order valence-electron chi connectivity index (χ1n) is 6.31. The minimum absolute atomic E-state index is 0.00829. The van der Waals surface area contributed by atoms with E-state index < -0.39 is 0 Å². The first-order valence-corrected chi connectivity index (χ1v) is 6.31. The molecule has 0 spiro atoms. The van der Waals surface area contributed by atoms with Crippen LogP contribution in [0, 0.1) is 5.92 Å². The summed E-state index contributed by atoms with van der Waals surface area (Å²) in [5.74, 6) is 0.581. The van der Waals surface area contributed by atoms with Gasteiger partial charge in [-0.3, -0.25) is 4.79 Å². The summed E-state index contributed by atoms with van der Waals surface area (Å²) >= 11 is 0. The van der Waals surface area contributed by atoms with Crippen molar-refractivity contribution in [2.75, 3.05) is 6.54 Å². The normalized spacial score (nSPS) is 17.2. The van der Waals surface area contributed by atoms with Gasteiger partial charge in [-0.05, 0) is 44.7 Å². The average molecular weight is 235 g/mol. The number of carbonyl (C=O) groups excluding carboxylic acids is 1. The minimum atomic E-state index is -0.00829. The molecule has 1 aliphatic rings. The van der Waals surface area contributed by atoms with Crippen LogP contribution in [0.25, 0.3) is 0 Å². The molecule has 3 N–H and O–H groups in total. The molecule has 2 rings (SSSR count). The Morgan fingerprint density at radius 2 is 2.29 bits per heavy atom. The van der Waals surface area contributed by atoms with Crippen LogP contribution in [0.1, 0.15) is 43.2 Å². The van der Waals surface area contributed by atoms with Crippen LogP contribution < -0.4 is 11.1 Å². The fourth-order valence-corrected chi connectivity index (χ4v) is 2.15. The fraction of sp³-hybridized carbons (Fsp3) is 0.615. The van der Waals surface area contributed by atoms with Crippen molar-refractivity contribution in [2.24, 2.45) is 11.7 Å². The number of nitrogens with one attached hydrogen (secondary N) is 1. The molecule has 94 valence electrons. The van der Waals surface area contributed by atoms with E-state index in [0.29, 0.717) is 18.5 Å². The lowest BCUT2D eigenvalue weighted by atomic mass is 10.2. The van der Waals surface area contributed by atoms with E-state index in [1.165, 1.54) is 12.8 Å². The lowest BCUT2D eigenvalue weighted by molar-refractivity contribution is 0.0922. The molecule has 4 heteroatoms. The number of nitrogens with zero attached hydrogens (tertiary/aromatic N) is 1. The second kappa shape index (κ2) is 4.92. The smallest absolute Gasteiger partial charge is 0.268 e.